The van der Waals surface area contributed by atoms with Gasteiger partial charge in [0.15, 0.2) is 6.61 Å². The van der Waals surface area contributed by atoms with Crippen LogP contribution in [0.3, 0.4) is 0 Å². The largest absolute Gasteiger partial charge is 0.484 e. The molecule has 25 heavy (non-hydrogen) atoms. The number of rotatable bonds is 4. The van der Waals surface area contributed by atoms with Crippen LogP contribution in [0.15, 0.2) is 18.2 Å². The average molecular weight is 384 g/mol. The van der Waals surface area contributed by atoms with Crippen LogP contribution in [0.5, 0.6) is 5.75 Å². The number of nitrogens with two attached hydrogens (primary N) is 1. The van der Waals surface area contributed by atoms with E-state index in [1.807, 2.05) is 0 Å². The van der Waals surface area contributed by atoms with Crippen LogP contribution in [0.1, 0.15) is 23.2 Å². The topological polar surface area (TPSA) is 98.7 Å². The van der Waals surface area contributed by atoms with Crippen LogP contribution in [0, 0.1) is 10.1 Å². The van der Waals surface area contributed by atoms with Crippen molar-refractivity contribution < 1.29 is 27.6 Å². The van der Waals surface area contributed by atoms with Gasteiger partial charge in [-0.15, -0.1) is 12.4 Å². The van der Waals surface area contributed by atoms with E-state index >= 15 is 0 Å². The average Bonchev–Trinajstić information content (AvgIpc) is 2.51. The Morgan fingerprint density at radius 2 is 2.12 bits per heavy atom. The Kier molecular flexibility index (Phi) is 7.00. The van der Waals surface area contributed by atoms with E-state index in [-0.39, 0.29) is 36.3 Å². The molecular formula is C14H17ClF3N3O4. The highest BCUT2D eigenvalue weighted by Crippen LogP contribution is 2.27. The Morgan fingerprint density at radius 3 is 2.68 bits per heavy atom. The number of piperidine rings is 1. The first-order valence-electron chi connectivity index (χ1n) is 7.20. The molecule has 1 aromatic carbocycles. The summed E-state index contributed by atoms with van der Waals surface area (Å²) in [6.45, 7) is -0.923. The van der Waals surface area contributed by atoms with E-state index in [1.165, 1.54) is 4.90 Å². The molecule has 0 spiro atoms. The molecule has 0 bridgehead atoms. The summed E-state index contributed by atoms with van der Waals surface area (Å²) < 4.78 is 41.2. The molecule has 1 fully saturated rings. The third-order valence-electron chi connectivity index (χ3n) is 3.54. The van der Waals surface area contributed by atoms with Crippen molar-refractivity contribution in [3.63, 3.8) is 0 Å². The van der Waals surface area contributed by atoms with Crippen molar-refractivity contribution in [1.82, 2.24) is 4.90 Å². The van der Waals surface area contributed by atoms with Crippen molar-refractivity contribution in [2.75, 3.05) is 19.7 Å². The molecule has 0 aromatic heterocycles. The molecule has 1 saturated heterocycles. The van der Waals surface area contributed by atoms with Crippen LogP contribution in [0.2, 0.25) is 0 Å². The lowest BCUT2D eigenvalue weighted by Crippen LogP contribution is -2.45. The molecule has 2 rings (SSSR count). The molecule has 1 heterocycles. The summed E-state index contributed by atoms with van der Waals surface area (Å²) in [7, 11) is 0. The molecule has 7 nitrogen and oxygen atoms in total. The van der Waals surface area contributed by atoms with Crippen molar-refractivity contribution in [2.24, 2.45) is 5.73 Å². The summed E-state index contributed by atoms with van der Waals surface area (Å²) in [4.78, 5) is 24.2. The minimum absolute atomic E-state index is 0. The molecule has 11 heteroatoms. The fourth-order valence-corrected chi connectivity index (χ4v) is 2.47. The zero-order valence-corrected chi connectivity index (χ0v) is 13.8. The maximum Gasteiger partial charge on any atom is 0.422 e. The van der Waals surface area contributed by atoms with E-state index in [4.69, 9.17) is 5.73 Å². The number of carbonyl (C=O) groups is 1. The number of hydrogen-bond donors (Lipinski definition) is 1. The zero-order chi connectivity index (χ0) is 17.9. The molecule has 0 saturated carbocycles. The van der Waals surface area contributed by atoms with Gasteiger partial charge in [0.2, 0.25) is 0 Å². The van der Waals surface area contributed by atoms with Crippen molar-refractivity contribution in [1.29, 1.82) is 0 Å². The van der Waals surface area contributed by atoms with Gasteiger partial charge in [0, 0.05) is 25.2 Å². The fraction of sp³-hybridized carbons (Fsp3) is 0.500. The Balaban J connectivity index is 0.00000312. The van der Waals surface area contributed by atoms with Gasteiger partial charge in [0.25, 0.3) is 11.6 Å². The smallest absolute Gasteiger partial charge is 0.422 e. The minimum Gasteiger partial charge on any atom is -0.484 e. The van der Waals surface area contributed by atoms with Gasteiger partial charge in [-0.1, -0.05) is 0 Å². The van der Waals surface area contributed by atoms with Crippen molar-refractivity contribution in [3.8, 4) is 5.75 Å². The predicted molar refractivity (Wildman–Crippen MR) is 85.0 cm³/mol. The Labute approximate surface area is 147 Å². The molecule has 1 aliphatic rings. The summed E-state index contributed by atoms with van der Waals surface area (Å²) in [5.41, 5.74) is 4.99. The lowest BCUT2D eigenvalue weighted by molar-refractivity contribution is -0.385. The molecular weight excluding hydrogens is 367 g/mol. The van der Waals surface area contributed by atoms with Crippen LogP contribution >= 0.6 is 12.4 Å². The number of amides is 1. The summed E-state index contributed by atoms with van der Waals surface area (Å²) in [6, 6.07) is 2.73. The van der Waals surface area contributed by atoms with E-state index in [2.05, 4.69) is 4.74 Å². The first kappa shape index (κ1) is 21.0. The highest BCUT2D eigenvalue weighted by atomic mass is 35.5. The maximum atomic E-state index is 12.5. The number of hydrogen-bond acceptors (Lipinski definition) is 5. The second-order valence-corrected chi connectivity index (χ2v) is 5.49. The number of nitro groups is 1. The van der Waals surface area contributed by atoms with Crippen molar-refractivity contribution in [2.45, 2.75) is 25.1 Å². The normalized spacial score (nSPS) is 17.6. The SMILES string of the molecule is Cl.NC1CCCN(C(=O)c2cc(OCC(F)(F)F)ccc2[N+](=O)[O-])C1. The number of ether oxygens (including phenoxy) is 1. The molecule has 0 aliphatic carbocycles. The molecule has 1 aliphatic heterocycles. The van der Waals surface area contributed by atoms with Gasteiger partial charge in [-0.3, -0.25) is 14.9 Å². The second-order valence-electron chi connectivity index (χ2n) is 5.49. The molecule has 1 atom stereocenters. The van der Waals surface area contributed by atoms with Crippen LogP contribution in [0.25, 0.3) is 0 Å². The van der Waals surface area contributed by atoms with Crippen molar-refractivity contribution >= 4 is 24.0 Å². The van der Waals surface area contributed by atoms with E-state index in [1.54, 1.807) is 0 Å². The lowest BCUT2D eigenvalue weighted by Gasteiger charge is -2.30. The predicted octanol–water partition coefficient (Wildman–Crippen LogP) is 2.52. The van der Waals surface area contributed by atoms with Gasteiger partial charge in [-0.25, -0.2) is 0 Å². The Morgan fingerprint density at radius 1 is 1.44 bits per heavy atom. The number of halogens is 4. The summed E-state index contributed by atoms with van der Waals surface area (Å²) in [5.74, 6) is -0.906. The third-order valence-corrected chi connectivity index (χ3v) is 3.54. The number of benzene rings is 1. The zero-order valence-electron chi connectivity index (χ0n) is 13.0. The second kappa shape index (κ2) is 8.34. The molecule has 2 N–H and O–H groups in total. The van der Waals surface area contributed by atoms with Crippen LogP contribution in [0.4, 0.5) is 18.9 Å². The van der Waals surface area contributed by atoms with Crippen LogP contribution in [-0.4, -0.2) is 47.6 Å². The number of nitrogens with zero attached hydrogens (tertiary/aromatic N) is 2. The Hall–Kier alpha value is -2.07. The number of nitro benzene ring substituents is 1. The van der Waals surface area contributed by atoms with Gasteiger partial charge in [0.05, 0.1) is 4.92 Å². The van der Waals surface area contributed by atoms with Crippen LogP contribution in [-0.2, 0) is 0 Å². The first-order chi connectivity index (χ1) is 11.2. The molecule has 0 radical (unpaired) electrons. The maximum absolute atomic E-state index is 12.5. The number of alkyl halides is 3. The van der Waals surface area contributed by atoms with E-state index in [0.717, 1.165) is 24.6 Å². The molecule has 1 aromatic rings. The monoisotopic (exact) mass is 383 g/mol. The quantitative estimate of drug-likeness (QED) is 0.636. The van der Waals surface area contributed by atoms with E-state index in [9.17, 15) is 28.1 Å². The van der Waals surface area contributed by atoms with Gasteiger partial charge >= 0.3 is 6.18 Å². The summed E-state index contributed by atoms with van der Waals surface area (Å²) >= 11 is 0. The fourth-order valence-electron chi connectivity index (χ4n) is 2.47. The summed E-state index contributed by atoms with van der Waals surface area (Å²) in [5, 5.41) is 11.1. The Bertz CT molecular complexity index is 642. The van der Waals surface area contributed by atoms with E-state index in [0.29, 0.717) is 13.0 Å². The van der Waals surface area contributed by atoms with Crippen LogP contribution < -0.4 is 10.5 Å². The van der Waals surface area contributed by atoms with Gasteiger partial charge in [-0.05, 0) is 25.0 Å². The minimum atomic E-state index is -4.55. The van der Waals surface area contributed by atoms with E-state index < -0.39 is 29.3 Å². The first-order valence-corrected chi connectivity index (χ1v) is 7.20. The highest BCUT2D eigenvalue weighted by Gasteiger charge is 2.31. The molecule has 140 valence electrons. The molecule has 1 amide bonds. The lowest BCUT2D eigenvalue weighted by atomic mass is 10.0. The van der Waals surface area contributed by atoms with Gasteiger partial charge in [0.1, 0.15) is 11.3 Å². The molecule has 1 unspecified atom stereocenters. The highest BCUT2D eigenvalue weighted by molar-refractivity contribution is 5.98. The van der Waals surface area contributed by atoms with Crippen molar-refractivity contribution in [3.05, 3.63) is 33.9 Å². The van der Waals surface area contributed by atoms with Gasteiger partial charge < -0.3 is 15.4 Å². The number of likely N-dealkylation sites (tertiary alicyclic amines) is 1. The van der Waals surface area contributed by atoms with Gasteiger partial charge in [-0.2, -0.15) is 13.2 Å². The number of carbonyl (C=O) groups excluding carboxylic acids is 1. The third kappa shape index (κ3) is 5.75. The standard InChI is InChI=1S/C14H16F3N3O4.ClH/c15-14(16,17)8-24-10-3-4-12(20(22)23)11(6-10)13(21)19-5-1-2-9(18)7-19;/h3-4,6,9H,1-2,5,7-8,18H2;1H. The summed E-state index contributed by atoms with van der Waals surface area (Å²) in [6.07, 6.45) is -3.16.